The number of nitrogens with one attached hydrogen (secondary N) is 1. The van der Waals surface area contributed by atoms with E-state index < -0.39 is 0 Å². The first-order valence-electron chi connectivity index (χ1n) is 7.74. The zero-order chi connectivity index (χ0) is 16.8. The number of aromatic nitrogens is 1. The van der Waals surface area contributed by atoms with Crippen molar-refractivity contribution >= 4 is 23.2 Å². The highest BCUT2D eigenvalue weighted by Gasteiger charge is 2.18. The van der Waals surface area contributed by atoms with Gasteiger partial charge < -0.3 is 5.32 Å². The monoisotopic (exact) mass is 336 g/mol. The van der Waals surface area contributed by atoms with E-state index in [9.17, 15) is 4.79 Å². The van der Waals surface area contributed by atoms with E-state index in [-0.39, 0.29) is 11.8 Å². The number of hydrogen-bond acceptors (Lipinski definition) is 2. The molecule has 0 unspecified atom stereocenters. The summed E-state index contributed by atoms with van der Waals surface area (Å²) < 4.78 is 0. The van der Waals surface area contributed by atoms with Crippen LogP contribution in [-0.4, -0.2) is 10.9 Å². The molecule has 1 aromatic heterocycles. The lowest BCUT2D eigenvalue weighted by Gasteiger charge is -2.18. The number of amides is 1. The molecule has 0 saturated carbocycles. The lowest BCUT2D eigenvalue weighted by Crippen LogP contribution is -2.16. The molecule has 1 amide bonds. The Morgan fingerprint density at radius 3 is 2.04 bits per heavy atom. The first kappa shape index (κ1) is 16.2. The lowest BCUT2D eigenvalue weighted by molar-refractivity contribution is -0.116. The van der Waals surface area contributed by atoms with E-state index in [1.807, 2.05) is 60.7 Å². The van der Waals surface area contributed by atoms with Crippen LogP contribution in [0, 0.1) is 0 Å². The fourth-order valence-corrected chi connectivity index (χ4v) is 2.83. The molecule has 1 heterocycles. The minimum absolute atomic E-state index is 0.0113. The molecule has 0 aliphatic heterocycles. The predicted octanol–water partition coefficient (Wildman–Crippen LogP) is 4.90. The van der Waals surface area contributed by atoms with Crippen molar-refractivity contribution in [3.8, 4) is 0 Å². The van der Waals surface area contributed by atoms with Gasteiger partial charge in [0.1, 0.15) is 0 Å². The second-order valence-corrected chi connectivity index (χ2v) is 5.83. The van der Waals surface area contributed by atoms with Crippen LogP contribution >= 0.6 is 11.6 Å². The Hall–Kier alpha value is -2.65. The summed E-state index contributed by atoms with van der Waals surface area (Å²) in [4.78, 5) is 16.5. The first-order chi connectivity index (χ1) is 11.7. The van der Waals surface area contributed by atoms with Crippen LogP contribution in [0.4, 0.5) is 5.69 Å². The van der Waals surface area contributed by atoms with Crippen LogP contribution < -0.4 is 5.32 Å². The Balaban J connectivity index is 1.82. The molecule has 0 aliphatic rings. The Morgan fingerprint density at radius 1 is 0.917 bits per heavy atom. The summed E-state index contributed by atoms with van der Waals surface area (Å²) in [7, 11) is 0. The van der Waals surface area contributed by atoms with Gasteiger partial charge in [-0.05, 0) is 23.3 Å². The topological polar surface area (TPSA) is 42.0 Å². The largest absolute Gasteiger partial charge is 0.323 e. The average Bonchev–Trinajstić information content (AvgIpc) is 2.63. The van der Waals surface area contributed by atoms with Crippen LogP contribution in [0.15, 0.2) is 79.0 Å². The van der Waals surface area contributed by atoms with Gasteiger partial charge in [-0.2, -0.15) is 0 Å². The molecule has 24 heavy (non-hydrogen) atoms. The van der Waals surface area contributed by atoms with Crippen LogP contribution in [0.1, 0.15) is 23.5 Å². The summed E-state index contributed by atoms with van der Waals surface area (Å²) in [5, 5.41) is 3.14. The van der Waals surface area contributed by atoms with Crippen molar-refractivity contribution < 1.29 is 4.79 Å². The average molecular weight is 337 g/mol. The molecule has 0 fully saturated rings. The molecule has 2 aromatic carbocycles. The Morgan fingerprint density at radius 2 is 1.50 bits per heavy atom. The maximum absolute atomic E-state index is 12.5. The van der Waals surface area contributed by atoms with Crippen molar-refractivity contribution in [2.24, 2.45) is 0 Å². The van der Waals surface area contributed by atoms with Gasteiger partial charge in [-0.1, -0.05) is 72.3 Å². The predicted molar refractivity (Wildman–Crippen MR) is 97.2 cm³/mol. The van der Waals surface area contributed by atoms with E-state index in [1.54, 1.807) is 18.3 Å². The van der Waals surface area contributed by atoms with E-state index in [1.165, 1.54) is 0 Å². The van der Waals surface area contributed by atoms with Crippen molar-refractivity contribution in [2.45, 2.75) is 12.3 Å². The molecule has 3 aromatic rings. The first-order valence-corrected chi connectivity index (χ1v) is 8.12. The maximum Gasteiger partial charge on any atom is 0.225 e. The number of carbonyl (C=O) groups excluding carboxylic acids is 1. The van der Waals surface area contributed by atoms with Crippen LogP contribution in [-0.2, 0) is 4.79 Å². The maximum atomic E-state index is 12.5. The normalized spacial score (nSPS) is 10.6. The van der Waals surface area contributed by atoms with E-state index in [0.29, 0.717) is 17.3 Å². The molecular formula is C20H17ClN2O. The van der Waals surface area contributed by atoms with Gasteiger partial charge in [-0.3, -0.25) is 4.79 Å². The number of hydrogen-bond donors (Lipinski definition) is 1. The molecule has 4 heteroatoms. The minimum Gasteiger partial charge on any atom is -0.323 e. The standard InChI is InChI=1S/C20H17ClN2O/c21-20-18(12-7-13-22-20)23-19(24)14-17(15-8-3-1-4-9-15)16-10-5-2-6-11-16/h1-13,17H,14H2,(H,23,24). The number of rotatable bonds is 5. The van der Waals surface area contributed by atoms with Gasteiger partial charge in [0.05, 0.1) is 5.69 Å². The lowest BCUT2D eigenvalue weighted by atomic mass is 9.88. The fourth-order valence-electron chi connectivity index (χ4n) is 2.66. The SMILES string of the molecule is O=C(CC(c1ccccc1)c1ccccc1)Nc1cccnc1Cl. The summed E-state index contributed by atoms with van der Waals surface area (Å²) >= 11 is 6.01. The van der Waals surface area contributed by atoms with Crippen LogP contribution in [0.3, 0.4) is 0 Å². The Kier molecular flexibility index (Phi) is 5.24. The summed E-state index contributed by atoms with van der Waals surface area (Å²) in [5.74, 6) is -0.106. The van der Waals surface area contributed by atoms with Gasteiger partial charge >= 0.3 is 0 Å². The number of carbonyl (C=O) groups is 1. The molecular weight excluding hydrogens is 320 g/mol. The molecule has 0 bridgehead atoms. The smallest absolute Gasteiger partial charge is 0.225 e. The highest BCUT2D eigenvalue weighted by Crippen LogP contribution is 2.28. The van der Waals surface area contributed by atoms with Crippen molar-refractivity contribution in [1.82, 2.24) is 4.98 Å². The zero-order valence-corrected chi connectivity index (χ0v) is 13.8. The summed E-state index contributed by atoms with van der Waals surface area (Å²) in [5.41, 5.74) is 2.75. The van der Waals surface area contributed by atoms with Gasteiger partial charge in [0, 0.05) is 18.5 Å². The minimum atomic E-state index is -0.0948. The summed E-state index contributed by atoms with van der Waals surface area (Å²) in [6.07, 6.45) is 1.92. The Bertz CT molecular complexity index is 767. The van der Waals surface area contributed by atoms with Gasteiger partial charge in [0.2, 0.25) is 5.91 Å². The number of anilines is 1. The summed E-state index contributed by atoms with van der Waals surface area (Å²) in [6.45, 7) is 0. The van der Waals surface area contributed by atoms with Gasteiger partial charge in [0.25, 0.3) is 0 Å². The number of benzene rings is 2. The van der Waals surface area contributed by atoms with Gasteiger partial charge in [0.15, 0.2) is 5.15 Å². The van der Waals surface area contributed by atoms with Crippen LogP contribution in [0.5, 0.6) is 0 Å². The van der Waals surface area contributed by atoms with Crippen LogP contribution in [0.2, 0.25) is 5.15 Å². The van der Waals surface area contributed by atoms with E-state index >= 15 is 0 Å². The third-order valence-electron chi connectivity index (χ3n) is 3.83. The molecule has 120 valence electrons. The van der Waals surface area contributed by atoms with Gasteiger partial charge in [-0.15, -0.1) is 0 Å². The molecule has 3 rings (SSSR count). The number of pyridine rings is 1. The quantitative estimate of drug-likeness (QED) is 0.673. The zero-order valence-electron chi connectivity index (χ0n) is 13.0. The number of halogens is 1. The number of nitrogens with zero attached hydrogens (tertiary/aromatic N) is 1. The van der Waals surface area contributed by atoms with Crippen molar-refractivity contribution in [2.75, 3.05) is 5.32 Å². The molecule has 0 spiro atoms. The second-order valence-electron chi connectivity index (χ2n) is 5.47. The third-order valence-corrected chi connectivity index (χ3v) is 4.13. The summed E-state index contributed by atoms with van der Waals surface area (Å²) in [6, 6.07) is 23.6. The third kappa shape index (κ3) is 4.00. The Labute approximate surface area is 146 Å². The van der Waals surface area contributed by atoms with Crippen LogP contribution in [0.25, 0.3) is 0 Å². The van der Waals surface area contributed by atoms with E-state index in [2.05, 4.69) is 10.3 Å². The molecule has 0 aliphatic carbocycles. The molecule has 0 saturated heterocycles. The van der Waals surface area contributed by atoms with E-state index in [4.69, 9.17) is 11.6 Å². The highest BCUT2D eigenvalue weighted by molar-refractivity contribution is 6.32. The molecule has 0 radical (unpaired) electrons. The van der Waals surface area contributed by atoms with Crippen molar-refractivity contribution in [1.29, 1.82) is 0 Å². The highest BCUT2D eigenvalue weighted by atomic mass is 35.5. The molecule has 0 atom stereocenters. The molecule has 1 N–H and O–H groups in total. The van der Waals surface area contributed by atoms with Gasteiger partial charge in [-0.25, -0.2) is 4.98 Å². The van der Waals surface area contributed by atoms with E-state index in [0.717, 1.165) is 11.1 Å². The fraction of sp³-hybridized carbons (Fsp3) is 0.100. The molecule has 3 nitrogen and oxygen atoms in total. The van der Waals surface area contributed by atoms with Crippen molar-refractivity contribution in [3.63, 3.8) is 0 Å². The second kappa shape index (κ2) is 7.75. The van der Waals surface area contributed by atoms with Crippen molar-refractivity contribution in [3.05, 3.63) is 95.3 Å².